The van der Waals surface area contributed by atoms with Gasteiger partial charge in [0.25, 0.3) is 0 Å². The SMILES string of the molecule is Cc1nnc(-n2ccc(C3CC3)n2)c(C#N)c1C. The first-order valence-electron chi connectivity index (χ1n) is 6.00. The third-order valence-corrected chi connectivity index (χ3v) is 3.37. The van der Waals surface area contributed by atoms with Crippen LogP contribution in [0.1, 0.15) is 41.3 Å². The van der Waals surface area contributed by atoms with Gasteiger partial charge in [-0.1, -0.05) is 0 Å². The van der Waals surface area contributed by atoms with Crippen LogP contribution >= 0.6 is 0 Å². The Balaban J connectivity index is 2.10. The van der Waals surface area contributed by atoms with Gasteiger partial charge in [-0.05, 0) is 38.3 Å². The van der Waals surface area contributed by atoms with Crippen LogP contribution in [0.3, 0.4) is 0 Å². The maximum atomic E-state index is 9.25. The summed E-state index contributed by atoms with van der Waals surface area (Å²) in [7, 11) is 0. The molecule has 2 heterocycles. The van der Waals surface area contributed by atoms with Gasteiger partial charge in [0.2, 0.25) is 0 Å². The van der Waals surface area contributed by atoms with E-state index < -0.39 is 0 Å². The molecule has 0 N–H and O–H groups in total. The lowest BCUT2D eigenvalue weighted by Gasteiger charge is -2.06. The largest absolute Gasteiger partial charge is 0.219 e. The number of rotatable bonds is 2. The van der Waals surface area contributed by atoms with Crippen molar-refractivity contribution in [1.29, 1.82) is 5.26 Å². The minimum absolute atomic E-state index is 0.521. The molecule has 0 amide bonds. The summed E-state index contributed by atoms with van der Waals surface area (Å²) < 4.78 is 1.66. The standard InChI is InChI=1S/C13H13N5/c1-8-9(2)15-16-13(11(8)7-14)18-6-5-12(17-18)10-3-4-10/h5-6,10H,3-4H2,1-2H3. The van der Waals surface area contributed by atoms with Crippen molar-refractivity contribution < 1.29 is 0 Å². The summed E-state index contributed by atoms with van der Waals surface area (Å²) in [6, 6.07) is 4.19. The monoisotopic (exact) mass is 239 g/mol. The lowest BCUT2D eigenvalue weighted by Crippen LogP contribution is -2.07. The maximum absolute atomic E-state index is 9.25. The fourth-order valence-corrected chi connectivity index (χ4v) is 1.94. The highest BCUT2D eigenvalue weighted by molar-refractivity contribution is 5.48. The third kappa shape index (κ3) is 1.66. The lowest BCUT2D eigenvalue weighted by atomic mass is 10.1. The molecule has 0 atom stereocenters. The van der Waals surface area contributed by atoms with E-state index in [1.54, 1.807) is 4.68 Å². The molecular weight excluding hydrogens is 226 g/mol. The topological polar surface area (TPSA) is 67.4 Å². The van der Waals surface area contributed by atoms with Gasteiger partial charge >= 0.3 is 0 Å². The molecule has 1 aliphatic carbocycles. The van der Waals surface area contributed by atoms with Crippen LogP contribution in [-0.4, -0.2) is 20.0 Å². The lowest BCUT2D eigenvalue weighted by molar-refractivity contribution is 0.776. The van der Waals surface area contributed by atoms with Crippen LogP contribution in [0, 0.1) is 25.2 Å². The highest BCUT2D eigenvalue weighted by atomic mass is 15.3. The fourth-order valence-electron chi connectivity index (χ4n) is 1.94. The molecule has 0 aromatic carbocycles. The minimum atomic E-state index is 0.521. The Labute approximate surface area is 105 Å². The highest BCUT2D eigenvalue weighted by Crippen LogP contribution is 2.39. The van der Waals surface area contributed by atoms with E-state index >= 15 is 0 Å². The maximum Gasteiger partial charge on any atom is 0.193 e. The van der Waals surface area contributed by atoms with Crippen LogP contribution in [-0.2, 0) is 0 Å². The first-order valence-corrected chi connectivity index (χ1v) is 6.00. The van der Waals surface area contributed by atoms with Crippen molar-refractivity contribution in [2.75, 3.05) is 0 Å². The van der Waals surface area contributed by atoms with Crippen molar-refractivity contribution in [3.8, 4) is 11.9 Å². The summed E-state index contributed by atoms with van der Waals surface area (Å²) in [5.41, 5.74) is 3.28. The Kier molecular flexibility index (Phi) is 2.37. The molecule has 0 spiro atoms. The van der Waals surface area contributed by atoms with Gasteiger partial charge in [-0.2, -0.15) is 15.5 Å². The van der Waals surface area contributed by atoms with Gasteiger partial charge in [-0.15, -0.1) is 5.10 Å². The normalized spacial score (nSPS) is 14.5. The van der Waals surface area contributed by atoms with Crippen LogP contribution in [0.5, 0.6) is 0 Å². The number of nitriles is 1. The van der Waals surface area contributed by atoms with Gasteiger partial charge < -0.3 is 0 Å². The second-order valence-corrected chi connectivity index (χ2v) is 4.68. The molecule has 3 rings (SSSR count). The Morgan fingerprint density at radius 2 is 2.11 bits per heavy atom. The second kappa shape index (κ2) is 3.91. The van der Waals surface area contributed by atoms with E-state index in [1.165, 1.54) is 12.8 Å². The molecule has 2 aromatic rings. The second-order valence-electron chi connectivity index (χ2n) is 4.68. The van der Waals surface area contributed by atoms with E-state index in [9.17, 15) is 5.26 Å². The molecule has 5 nitrogen and oxygen atoms in total. The van der Waals surface area contributed by atoms with Crippen LogP contribution < -0.4 is 0 Å². The Bertz CT molecular complexity index is 646. The van der Waals surface area contributed by atoms with Gasteiger partial charge in [0.05, 0.1) is 11.4 Å². The molecule has 1 aliphatic rings. The summed E-state index contributed by atoms with van der Waals surface area (Å²) in [5, 5.41) is 21.9. The predicted octanol–water partition coefficient (Wildman–Crippen LogP) is 2.03. The average Bonchev–Trinajstić information content (AvgIpc) is 3.11. The number of nitrogens with zero attached hydrogens (tertiary/aromatic N) is 5. The Hall–Kier alpha value is -2.22. The zero-order valence-corrected chi connectivity index (χ0v) is 10.4. The van der Waals surface area contributed by atoms with E-state index in [-0.39, 0.29) is 0 Å². The van der Waals surface area contributed by atoms with Crippen LogP contribution in [0.4, 0.5) is 0 Å². The molecule has 0 bridgehead atoms. The zero-order chi connectivity index (χ0) is 12.7. The summed E-state index contributed by atoms with van der Waals surface area (Å²) in [6.45, 7) is 3.74. The molecule has 0 saturated heterocycles. The molecule has 5 heteroatoms. The van der Waals surface area contributed by atoms with Crippen molar-refractivity contribution in [2.45, 2.75) is 32.6 Å². The van der Waals surface area contributed by atoms with Gasteiger partial charge in [0, 0.05) is 12.1 Å². The van der Waals surface area contributed by atoms with E-state index in [1.807, 2.05) is 26.1 Å². The zero-order valence-electron chi connectivity index (χ0n) is 10.4. The number of hydrogen-bond donors (Lipinski definition) is 0. The molecule has 1 saturated carbocycles. The smallest absolute Gasteiger partial charge is 0.193 e. The molecule has 0 aliphatic heterocycles. The quantitative estimate of drug-likeness (QED) is 0.804. The highest BCUT2D eigenvalue weighted by Gasteiger charge is 2.26. The third-order valence-electron chi connectivity index (χ3n) is 3.37. The molecule has 18 heavy (non-hydrogen) atoms. The van der Waals surface area contributed by atoms with Gasteiger partial charge in [-0.25, -0.2) is 4.68 Å². The number of aromatic nitrogens is 4. The average molecular weight is 239 g/mol. The van der Waals surface area contributed by atoms with Crippen molar-refractivity contribution in [3.63, 3.8) is 0 Å². The van der Waals surface area contributed by atoms with Gasteiger partial charge in [0.15, 0.2) is 5.82 Å². The van der Waals surface area contributed by atoms with E-state index in [0.29, 0.717) is 17.3 Å². The first kappa shape index (κ1) is 10.9. The van der Waals surface area contributed by atoms with Crippen molar-refractivity contribution in [1.82, 2.24) is 20.0 Å². The van der Waals surface area contributed by atoms with E-state index in [0.717, 1.165) is 17.0 Å². The predicted molar refractivity (Wildman–Crippen MR) is 65.3 cm³/mol. The van der Waals surface area contributed by atoms with Crippen LogP contribution in [0.2, 0.25) is 0 Å². The summed E-state index contributed by atoms with van der Waals surface area (Å²) >= 11 is 0. The van der Waals surface area contributed by atoms with Crippen LogP contribution in [0.15, 0.2) is 12.3 Å². The van der Waals surface area contributed by atoms with Crippen molar-refractivity contribution >= 4 is 0 Å². The summed E-state index contributed by atoms with van der Waals surface area (Å²) in [4.78, 5) is 0. The number of hydrogen-bond acceptors (Lipinski definition) is 4. The molecule has 2 aromatic heterocycles. The molecule has 0 radical (unpaired) electrons. The first-order chi connectivity index (χ1) is 8.70. The van der Waals surface area contributed by atoms with Crippen molar-refractivity contribution in [3.05, 3.63) is 34.8 Å². The summed E-state index contributed by atoms with van der Waals surface area (Å²) in [5.74, 6) is 1.11. The van der Waals surface area contributed by atoms with Crippen molar-refractivity contribution in [2.24, 2.45) is 0 Å². The summed E-state index contributed by atoms with van der Waals surface area (Å²) in [6.07, 6.45) is 4.27. The minimum Gasteiger partial charge on any atom is -0.219 e. The van der Waals surface area contributed by atoms with Gasteiger partial charge in [-0.3, -0.25) is 0 Å². The molecule has 1 fully saturated rings. The fraction of sp³-hybridized carbons (Fsp3) is 0.385. The van der Waals surface area contributed by atoms with E-state index in [4.69, 9.17) is 0 Å². The molecule has 90 valence electrons. The molecule has 0 unspecified atom stereocenters. The molecular formula is C13H13N5. The van der Waals surface area contributed by atoms with Gasteiger partial charge in [0.1, 0.15) is 11.6 Å². The Morgan fingerprint density at radius 3 is 2.78 bits per heavy atom. The Morgan fingerprint density at radius 1 is 1.33 bits per heavy atom. The number of aryl methyl sites for hydroxylation is 1. The van der Waals surface area contributed by atoms with Crippen LogP contribution in [0.25, 0.3) is 5.82 Å². The van der Waals surface area contributed by atoms with E-state index in [2.05, 4.69) is 21.4 Å².